The number of amides is 2. The maximum absolute atomic E-state index is 14.2. The molecule has 2 amide bonds. The van der Waals surface area contributed by atoms with Crippen LogP contribution < -0.4 is 5.32 Å². The fourth-order valence-electron chi connectivity index (χ4n) is 5.92. The van der Waals surface area contributed by atoms with Crippen molar-refractivity contribution in [1.82, 2.24) is 20.0 Å². The van der Waals surface area contributed by atoms with E-state index in [1.165, 1.54) is 23.1 Å². The maximum atomic E-state index is 14.2. The first-order valence-corrected chi connectivity index (χ1v) is 14.0. The normalized spacial score (nSPS) is 23.1. The van der Waals surface area contributed by atoms with Crippen LogP contribution in [0.1, 0.15) is 42.3 Å². The third-order valence-electron chi connectivity index (χ3n) is 8.25. The molecule has 222 valence electrons. The standard InChI is InChI=1S/C31H36F2N6O3/c1-18-13-37(23(12-36-18)15-38-14-20-5-7-24(40)11-25(20)30(38)42)16-28(41)39-17-31(2,3)29(35)27(39)10-22(34)8-19-4-6-21(32)9-26(19)33/h4-7,9-11,18,23,34-36,40H,8,12-17H2,1-3H3/b27-10+,34-22?,35-29?/t18-,23-/m1/s1. The fraction of sp³-hybridized carbons (Fsp3) is 0.419. The first-order chi connectivity index (χ1) is 19.8. The Bertz CT molecular complexity index is 1490. The lowest BCUT2D eigenvalue weighted by molar-refractivity contribution is -0.131. The summed E-state index contributed by atoms with van der Waals surface area (Å²) in [5, 5.41) is 30.5. The third-order valence-corrected chi connectivity index (χ3v) is 8.25. The Labute approximate surface area is 243 Å². The number of likely N-dealkylation sites (tertiary alicyclic amines) is 1. The van der Waals surface area contributed by atoms with Gasteiger partial charge in [-0.25, -0.2) is 8.78 Å². The number of rotatable bonds is 7. The largest absolute Gasteiger partial charge is 0.508 e. The van der Waals surface area contributed by atoms with Crippen LogP contribution in [0.5, 0.6) is 5.75 Å². The highest BCUT2D eigenvalue weighted by Gasteiger charge is 2.43. The number of piperazine rings is 1. The number of allylic oxidation sites excluding steroid dienone is 2. The zero-order valence-electron chi connectivity index (χ0n) is 24.0. The number of hydrogen-bond acceptors (Lipinski definition) is 7. The number of aromatic hydroxyl groups is 1. The Hall–Kier alpha value is -3.96. The van der Waals surface area contributed by atoms with Crippen LogP contribution in [0.2, 0.25) is 0 Å². The van der Waals surface area contributed by atoms with Gasteiger partial charge in [0, 0.05) is 74.0 Å². The Morgan fingerprint density at radius 1 is 1.21 bits per heavy atom. The van der Waals surface area contributed by atoms with Gasteiger partial charge in [-0.05, 0) is 42.3 Å². The number of nitrogens with zero attached hydrogens (tertiary/aromatic N) is 3. The van der Waals surface area contributed by atoms with Crippen molar-refractivity contribution in [3.8, 4) is 5.75 Å². The summed E-state index contributed by atoms with van der Waals surface area (Å²) in [4.78, 5) is 32.2. The van der Waals surface area contributed by atoms with Gasteiger partial charge < -0.3 is 31.0 Å². The smallest absolute Gasteiger partial charge is 0.254 e. The van der Waals surface area contributed by atoms with E-state index in [-0.39, 0.29) is 66.1 Å². The molecule has 0 unspecified atom stereocenters. The summed E-state index contributed by atoms with van der Waals surface area (Å²) in [7, 11) is 0. The lowest BCUT2D eigenvalue weighted by Gasteiger charge is -2.41. The number of carbonyl (C=O) groups excluding carboxylic acids is 2. The molecule has 3 aliphatic heterocycles. The number of phenols is 1. The summed E-state index contributed by atoms with van der Waals surface area (Å²) in [6.45, 7) is 8.09. The van der Waals surface area contributed by atoms with E-state index >= 15 is 0 Å². The second-order valence-electron chi connectivity index (χ2n) is 12.1. The topological polar surface area (TPSA) is 124 Å². The van der Waals surface area contributed by atoms with Gasteiger partial charge in [0.25, 0.3) is 5.91 Å². The molecule has 2 saturated heterocycles. The molecule has 9 nitrogen and oxygen atoms in total. The summed E-state index contributed by atoms with van der Waals surface area (Å²) < 4.78 is 27.5. The van der Waals surface area contributed by atoms with E-state index in [1.807, 2.05) is 20.8 Å². The molecule has 3 heterocycles. The summed E-state index contributed by atoms with van der Waals surface area (Å²) in [5.74, 6) is -1.78. The number of benzene rings is 2. The average molecular weight is 579 g/mol. The first-order valence-electron chi connectivity index (χ1n) is 14.0. The van der Waals surface area contributed by atoms with E-state index in [9.17, 15) is 23.5 Å². The number of phenolic OH excluding ortho intramolecular Hbond substituents is 1. The second kappa shape index (κ2) is 11.4. The predicted octanol–water partition coefficient (Wildman–Crippen LogP) is 3.32. The number of fused-ring (bicyclic) bond motifs is 1. The van der Waals surface area contributed by atoms with Crippen LogP contribution in [0.25, 0.3) is 0 Å². The van der Waals surface area contributed by atoms with Crippen molar-refractivity contribution < 1.29 is 23.5 Å². The van der Waals surface area contributed by atoms with Crippen molar-refractivity contribution in [2.24, 2.45) is 5.41 Å². The molecule has 2 atom stereocenters. The first kappa shape index (κ1) is 29.5. The summed E-state index contributed by atoms with van der Waals surface area (Å²) in [5.41, 5.74) is 1.39. The van der Waals surface area contributed by atoms with Crippen molar-refractivity contribution >= 4 is 23.2 Å². The molecule has 42 heavy (non-hydrogen) atoms. The van der Waals surface area contributed by atoms with Crippen molar-refractivity contribution in [3.63, 3.8) is 0 Å². The van der Waals surface area contributed by atoms with Crippen molar-refractivity contribution in [3.05, 3.63) is 76.5 Å². The van der Waals surface area contributed by atoms with Crippen LogP contribution in [0.15, 0.2) is 48.2 Å². The van der Waals surface area contributed by atoms with E-state index in [0.717, 1.165) is 17.7 Å². The molecular weight excluding hydrogens is 542 g/mol. The minimum Gasteiger partial charge on any atom is -0.508 e. The minimum absolute atomic E-state index is 0.00239. The van der Waals surface area contributed by atoms with Crippen molar-refractivity contribution in [2.45, 2.75) is 45.8 Å². The molecule has 0 spiro atoms. The van der Waals surface area contributed by atoms with Gasteiger partial charge in [0.2, 0.25) is 5.91 Å². The van der Waals surface area contributed by atoms with Gasteiger partial charge in [0.15, 0.2) is 0 Å². The molecule has 5 rings (SSSR count). The van der Waals surface area contributed by atoms with Crippen LogP contribution in [-0.2, 0) is 17.8 Å². The highest BCUT2D eigenvalue weighted by atomic mass is 19.1. The summed E-state index contributed by atoms with van der Waals surface area (Å²) in [6.07, 6.45) is 1.33. The van der Waals surface area contributed by atoms with Gasteiger partial charge in [0.1, 0.15) is 17.4 Å². The van der Waals surface area contributed by atoms with Gasteiger partial charge >= 0.3 is 0 Å². The van der Waals surface area contributed by atoms with Gasteiger partial charge in [-0.2, -0.15) is 0 Å². The molecule has 2 aromatic carbocycles. The highest BCUT2D eigenvalue weighted by molar-refractivity contribution is 6.12. The molecule has 2 aromatic rings. The van der Waals surface area contributed by atoms with E-state index in [4.69, 9.17) is 10.8 Å². The molecule has 3 aliphatic rings. The molecule has 4 N–H and O–H groups in total. The van der Waals surface area contributed by atoms with Crippen LogP contribution in [0, 0.1) is 27.9 Å². The monoisotopic (exact) mass is 578 g/mol. The predicted molar refractivity (Wildman–Crippen MR) is 155 cm³/mol. The zero-order valence-corrected chi connectivity index (χ0v) is 24.0. The van der Waals surface area contributed by atoms with E-state index < -0.39 is 17.0 Å². The van der Waals surface area contributed by atoms with E-state index in [0.29, 0.717) is 37.4 Å². The zero-order chi connectivity index (χ0) is 30.3. The van der Waals surface area contributed by atoms with Crippen molar-refractivity contribution in [1.29, 1.82) is 10.8 Å². The quantitative estimate of drug-likeness (QED) is 0.376. The molecule has 0 aliphatic carbocycles. The number of nitrogens with one attached hydrogen (secondary N) is 3. The van der Waals surface area contributed by atoms with Gasteiger partial charge in [-0.1, -0.05) is 26.0 Å². The number of hydrogen-bond donors (Lipinski definition) is 4. The lowest BCUT2D eigenvalue weighted by atomic mass is 9.89. The number of carbonyl (C=O) groups is 2. The summed E-state index contributed by atoms with van der Waals surface area (Å²) in [6, 6.07) is 8.00. The molecular formula is C31H36F2N6O3. The Morgan fingerprint density at radius 2 is 1.98 bits per heavy atom. The molecule has 0 aromatic heterocycles. The molecule has 11 heteroatoms. The average Bonchev–Trinajstić information content (AvgIpc) is 3.34. The third kappa shape index (κ3) is 5.98. The van der Waals surface area contributed by atoms with Gasteiger partial charge in [0.05, 0.1) is 18.0 Å². The number of halogens is 2. The van der Waals surface area contributed by atoms with Crippen LogP contribution in [0.4, 0.5) is 8.78 Å². The van der Waals surface area contributed by atoms with Crippen LogP contribution >= 0.6 is 0 Å². The minimum atomic E-state index is -0.747. The fourth-order valence-corrected chi connectivity index (χ4v) is 5.92. The lowest BCUT2D eigenvalue weighted by Crippen LogP contribution is -2.60. The molecule has 0 bridgehead atoms. The Balaban J connectivity index is 1.31. The highest BCUT2D eigenvalue weighted by Crippen LogP contribution is 2.34. The molecule has 2 fully saturated rings. The summed E-state index contributed by atoms with van der Waals surface area (Å²) >= 11 is 0. The van der Waals surface area contributed by atoms with Crippen LogP contribution in [-0.4, -0.2) is 87.9 Å². The molecule has 0 radical (unpaired) electrons. The Kier molecular flexibility index (Phi) is 8.00. The molecule has 0 saturated carbocycles. The Morgan fingerprint density at radius 3 is 2.71 bits per heavy atom. The van der Waals surface area contributed by atoms with Gasteiger partial charge in [-0.15, -0.1) is 0 Å². The van der Waals surface area contributed by atoms with E-state index in [1.54, 1.807) is 17.0 Å². The van der Waals surface area contributed by atoms with Gasteiger partial charge in [-0.3, -0.25) is 14.5 Å². The second-order valence-corrected chi connectivity index (χ2v) is 12.1. The van der Waals surface area contributed by atoms with Crippen molar-refractivity contribution in [2.75, 3.05) is 32.7 Å². The maximum Gasteiger partial charge on any atom is 0.254 e. The van der Waals surface area contributed by atoms with Crippen LogP contribution in [0.3, 0.4) is 0 Å². The SMILES string of the molecule is C[C@@H]1CN(CC(=O)N2CC(C)(C)C(=N)/C2=C\C(=N)Cc2ccc(F)cc2F)[C@@H](CN2Cc3ccc(O)cc3C2=O)CN1. The van der Waals surface area contributed by atoms with E-state index in [2.05, 4.69) is 10.2 Å².